The predicted molar refractivity (Wildman–Crippen MR) is 59.0 cm³/mol. The van der Waals surface area contributed by atoms with Gasteiger partial charge in [-0.25, -0.2) is 0 Å². The Morgan fingerprint density at radius 1 is 1.53 bits per heavy atom. The second-order valence-electron chi connectivity index (χ2n) is 3.96. The van der Waals surface area contributed by atoms with E-state index in [4.69, 9.17) is 10.6 Å². The lowest BCUT2D eigenvalue weighted by molar-refractivity contribution is 0.112. The van der Waals surface area contributed by atoms with E-state index < -0.39 is 0 Å². The van der Waals surface area contributed by atoms with Crippen molar-refractivity contribution in [2.24, 2.45) is 11.8 Å². The van der Waals surface area contributed by atoms with Gasteiger partial charge >= 0.3 is 0 Å². The Hall–Kier alpha value is -1.13. The van der Waals surface area contributed by atoms with Crippen molar-refractivity contribution in [1.29, 1.82) is 0 Å². The van der Waals surface area contributed by atoms with E-state index in [0.717, 1.165) is 23.9 Å². The van der Waals surface area contributed by atoms with Gasteiger partial charge in [0.25, 0.3) is 0 Å². The van der Waals surface area contributed by atoms with Crippen LogP contribution in [0, 0.1) is 5.92 Å². The molecular formula is C11H17N3O. The van der Waals surface area contributed by atoms with Gasteiger partial charge in [0.05, 0.1) is 18.0 Å². The number of hydrogen-bond acceptors (Lipinski definition) is 4. The molecule has 0 unspecified atom stereocenters. The summed E-state index contributed by atoms with van der Waals surface area (Å²) in [6.45, 7) is 1.41. The summed E-state index contributed by atoms with van der Waals surface area (Å²) in [5, 5.41) is 0. The van der Waals surface area contributed by atoms with Gasteiger partial charge in [-0.1, -0.05) is 12.8 Å². The van der Waals surface area contributed by atoms with Crippen molar-refractivity contribution in [2.45, 2.75) is 25.9 Å². The molecule has 4 heteroatoms. The quantitative estimate of drug-likeness (QED) is 0.423. The van der Waals surface area contributed by atoms with Crippen LogP contribution in [0.2, 0.25) is 0 Å². The maximum Gasteiger partial charge on any atom is 0.0888 e. The molecule has 1 aromatic heterocycles. The Kier molecular flexibility index (Phi) is 3.53. The first-order valence-corrected chi connectivity index (χ1v) is 5.38. The number of pyridine rings is 1. The van der Waals surface area contributed by atoms with Crippen LogP contribution in [0.4, 0.5) is 5.69 Å². The largest absolute Gasteiger partial charge is 0.375 e. The first kappa shape index (κ1) is 10.4. The number of hydrazine groups is 1. The first-order chi connectivity index (χ1) is 7.38. The van der Waals surface area contributed by atoms with Gasteiger partial charge in [0.15, 0.2) is 0 Å². The van der Waals surface area contributed by atoms with Gasteiger partial charge < -0.3 is 10.2 Å². The molecule has 1 saturated carbocycles. The normalized spacial score (nSPS) is 15.3. The Labute approximate surface area is 89.8 Å². The maximum absolute atomic E-state index is 5.54. The van der Waals surface area contributed by atoms with E-state index in [1.807, 2.05) is 12.1 Å². The molecule has 4 nitrogen and oxygen atoms in total. The average Bonchev–Trinajstić information content (AvgIpc) is 3.09. The van der Waals surface area contributed by atoms with Crippen LogP contribution in [0.3, 0.4) is 0 Å². The number of nitrogens with zero attached hydrogens (tertiary/aromatic N) is 1. The summed E-state index contributed by atoms with van der Waals surface area (Å²) < 4.78 is 5.54. The van der Waals surface area contributed by atoms with E-state index in [9.17, 15) is 0 Å². The third kappa shape index (κ3) is 3.49. The summed E-state index contributed by atoms with van der Waals surface area (Å²) in [4.78, 5) is 4.20. The average molecular weight is 207 g/mol. The van der Waals surface area contributed by atoms with Crippen LogP contribution in [0.15, 0.2) is 18.3 Å². The van der Waals surface area contributed by atoms with Crippen LogP contribution in [0.1, 0.15) is 25.0 Å². The Bertz CT molecular complexity index is 312. The van der Waals surface area contributed by atoms with Gasteiger partial charge in [0.2, 0.25) is 0 Å². The molecule has 0 saturated heterocycles. The number of aromatic nitrogens is 1. The standard InChI is InChI=1S/C11H17N3O/c12-14-10-3-5-13-11(7-10)8-15-6-4-9-1-2-9/h3,5,7,9H,1-2,4,6,8,12H2,(H,13,14). The third-order valence-corrected chi connectivity index (χ3v) is 2.60. The Morgan fingerprint density at radius 3 is 3.13 bits per heavy atom. The molecule has 0 radical (unpaired) electrons. The first-order valence-electron chi connectivity index (χ1n) is 5.38. The maximum atomic E-state index is 5.54. The van der Waals surface area contributed by atoms with E-state index in [-0.39, 0.29) is 0 Å². The second-order valence-corrected chi connectivity index (χ2v) is 3.96. The Balaban J connectivity index is 1.71. The minimum atomic E-state index is 0.572. The van der Waals surface area contributed by atoms with Crippen molar-refractivity contribution in [3.05, 3.63) is 24.0 Å². The zero-order chi connectivity index (χ0) is 10.5. The van der Waals surface area contributed by atoms with E-state index in [2.05, 4.69) is 10.4 Å². The molecule has 0 spiro atoms. The molecule has 1 aliphatic rings. The lowest BCUT2D eigenvalue weighted by Gasteiger charge is -2.05. The van der Waals surface area contributed by atoms with Crippen molar-refractivity contribution in [2.75, 3.05) is 12.0 Å². The van der Waals surface area contributed by atoms with Crippen LogP contribution >= 0.6 is 0 Å². The molecule has 15 heavy (non-hydrogen) atoms. The predicted octanol–water partition coefficient (Wildman–Crippen LogP) is 1.68. The monoisotopic (exact) mass is 207 g/mol. The summed E-state index contributed by atoms with van der Waals surface area (Å²) >= 11 is 0. The molecule has 82 valence electrons. The number of hydrogen-bond donors (Lipinski definition) is 2. The molecule has 1 aromatic rings. The van der Waals surface area contributed by atoms with Gasteiger partial charge in [-0.2, -0.15) is 0 Å². The van der Waals surface area contributed by atoms with Crippen molar-refractivity contribution in [3.63, 3.8) is 0 Å². The minimum Gasteiger partial charge on any atom is -0.375 e. The Morgan fingerprint density at radius 2 is 2.40 bits per heavy atom. The lowest BCUT2D eigenvalue weighted by atomic mass is 10.3. The highest BCUT2D eigenvalue weighted by Crippen LogP contribution is 2.32. The van der Waals surface area contributed by atoms with Gasteiger partial charge in [0.1, 0.15) is 0 Å². The van der Waals surface area contributed by atoms with E-state index in [1.165, 1.54) is 19.3 Å². The number of nitrogens with two attached hydrogens (primary N) is 1. The molecule has 1 aliphatic carbocycles. The van der Waals surface area contributed by atoms with Crippen molar-refractivity contribution in [1.82, 2.24) is 4.98 Å². The van der Waals surface area contributed by atoms with Gasteiger partial charge in [-0.15, -0.1) is 0 Å². The van der Waals surface area contributed by atoms with Crippen LogP contribution in [0.25, 0.3) is 0 Å². The summed E-state index contributed by atoms with van der Waals surface area (Å²) in [6, 6.07) is 3.73. The highest BCUT2D eigenvalue weighted by atomic mass is 16.5. The fraction of sp³-hybridized carbons (Fsp3) is 0.545. The van der Waals surface area contributed by atoms with Gasteiger partial charge in [0, 0.05) is 12.8 Å². The number of rotatable bonds is 6. The van der Waals surface area contributed by atoms with Gasteiger partial charge in [-0.05, 0) is 24.5 Å². The fourth-order valence-electron chi connectivity index (χ4n) is 1.48. The third-order valence-electron chi connectivity index (χ3n) is 2.60. The number of nitrogens with one attached hydrogen (secondary N) is 1. The molecule has 0 amide bonds. The SMILES string of the molecule is NNc1ccnc(COCCC2CC2)c1. The summed E-state index contributed by atoms with van der Waals surface area (Å²) in [5.41, 5.74) is 4.37. The molecule has 0 atom stereocenters. The lowest BCUT2D eigenvalue weighted by Crippen LogP contribution is -2.07. The molecule has 0 bridgehead atoms. The summed E-state index contributed by atoms with van der Waals surface area (Å²) in [7, 11) is 0. The topological polar surface area (TPSA) is 60.2 Å². The van der Waals surface area contributed by atoms with Crippen LogP contribution in [-0.4, -0.2) is 11.6 Å². The molecule has 0 aromatic carbocycles. The van der Waals surface area contributed by atoms with Crippen LogP contribution in [-0.2, 0) is 11.3 Å². The zero-order valence-electron chi connectivity index (χ0n) is 8.78. The molecule has 2 rings (SSSR count). The summed E-state index contributed by atoms with van der Waals surface area (Å²) in [6.07, 6.45) is 5.69. The number of nitrogen functional groups attached to an aromatic ring is 1. The van der Waals surface area contributed by atoms with E-state index in [1.54, 1.807) is 6.20 Å². The zero-order valence-corrected chi connectivity index (χ0v) is 8.78. The van der Waals surface area contributed by atoms with Crippen molar-refractivity contribution in [3.8, 4) is 0 Å². The number of ether oxygens (including phenoxy) is 1. The smallest absolute Gasteiger partial charge is 0.0888 e. The molecule has 1 heterocycles. The summed E-state index contributed by atoms with van der Waals surface area (Å²) in [5.74, 6) is 6.23. The molecule has 0 aliphatic heterocycles. The minimum absolute atomic E-state index is 0.572. The number of anilines is 1. The van der Waals surface area contributed by atoms with E-state index in [0.29, 0.717) is 6.61 Å². The highest BCUT2D eigenvalue weighted by Gasteiger charge is 2.20. The van der Waals surface area contributed by atoms with Crippen molar-refractivity contribution < 1.29 is 4.74 Å². The van der Waals surface area contributed by atoms with Crippen LogP contribution < -0.4 is 11.3 Å². The van der Waals surface area contributed by atoms with Crippen molar-refractivity contribution >= 4 is 5.69 Å². The molecule has 1 fully saturated rings. The van der Waals surface area contributed by atoms with Gasteiger partial charge in [-0.3, -0.25) is 10.8 Å². The molecular weight excluding hydrogens is 190 g/mol. The fourth-order valence-corrected chi connectivity index (χ4v) is 1.48. The van der Waals surface area contributed by atoms with E-state index >= 15 is 0 Å². The van der Waals surface area contributed by atoms with Crippen LogP contribution in [0.5, 0.6) is 0 Å². The molecule has 3 N–H and O–H groups in total. The second kappa shape index (κ2) is 5.09. The highest BCUT2D eigenvalue weighted by molar-refractivity contribution is 5.41.